The van der Waals surface area contributed by atoms with Crippen LogP contribution in [0.3, 0.4) is 0 Å². The van der Waals surface area contributed by atoms with E-state index in [2.05, 4.69) is 32.6 Å². The monoisotopic (exact) mass is 270 g/mol. The minimum atomic E-state index is 0.169. The molecule has 2 N–H and O–H groups in total. The van der Waals surface area contributed by atoms with Crippen molar-refractivity contribution < 1.29 is 4.74 Å². The number of nitrogens with zero attached hydrogens (tertiary/aromatic N) is 1. The number of methoxy groups -OCH3 is 1. The molecule has 0 atom stereocenters. The summed E-state index contributed by atoms with van der Waals surface area (Å²) in [5, 5.41) is 0. The van der Waals surface area contributed by atoms with Crippen LogP contribution in [0.15, 0.2) is 0 Å². The molecule has 0 aromatic rings. The highest BCUT2D eigenvalue weighted by molar-refractivity contribution is 5.00. The summed E-state index contributed by atoms with van der Waals surface area (Å²) in [5.41, 5.74) is 6.43. The third-order valence-corrected chi connectivity index (χ3v) is 4.09. The van der Waals surface area contributed by atoms with Gasteiger partial charge in [-0.15, -0.1) is 0 Å². The maximum absolute atomic E-state index is 6.26. The highest BCUT2D eigenvalue weighted by atomic mass is 16.5. The van der Waals surface area contributed by atoms with E-state index in [-0.39, 0.29) is 5.54 Å². The van der Waals surface area contributed by atoms with Crippen LogP contribution < -0.4 is 5.73 Å². The maximum Gasteiger partial charge on any atom is 0.0590 e. The van der Waals surface area contributed by atoms with Crippen molar-refractivity contribution in [1.82, 2.24) is 4.90 Å². The van der Waals surface area contributed by atoms with E-state index in [1.54, 1.807) is 7.11 Å². The van der Waals surface area contributed by atoms with Crippen LogP contribution in [0.1, 0.15) is 53.4 Å². The summed E-state index contributed by atoms with van der Waals surface area (Å²) in [4.78, 5) is 2.68. The summed E-state index contributed by atoms with van der Waals surface area (Å²) in [7, 11) is 1.79. The molecule has 114 valence electrons. The average molecular weight is 270 g/mol. The Morgan fingerprint density at radius 3 is 2.00 bits per heavy atom. The number of hydrogen-bond acceptors (Lipinski definition) is 3. The molecule has 19 heavy (non-hydrogen) atoms. The van der Waals surface area contributed by atoms with E-state index in [0.29, 0.717) is 11.8 Å². The molecule has 0 radical (unpaired) electrons. The standard InChI is InChI=1S/C16H34N2O/c1-13(2)10-16(12-17,11-14(3)4)18(8-9-19-5)15-6-7-15/h13-15H,6-12,17H2,1-5H3. The van der Waals surface area contributed by atoms with Gasteiger partial charge < -0.3 is 10.5 Å². The Hall–Kier alpha value is -0.120. The lowest BCUT2D eigenvalue weighted by Gasteiger charge is -2.46. The van der Waals surface area contributed by atoms with Crippen LogP contribution in [0, 0.1) is 11.8 Å². The van der Waals surface area contributed by atoms with Gasteiger partial charge >= 0.3 is 0 Å². The first kappa shape index (κ1) is 16.9. The maximum atomic E-state index is 6.26. The smallest absolute Gasteiger partial charge is 0.0590 e. The predicted molar refractivity (Wildman–Crippen MR) is 82.3 cm³/mol. The van der Waals surface area contributed by atoms with E-state index < -0.39 is 0 Å². The Bertz CT molecular complexity index is 239. The lowest BCUT2D eigenvalue weighted by molar-refractivity contribution is 0.0237. The van der Waals surface area contributed by atoms with Gasteiger partial charge in [0.15, 0.2) is 0 Å². The van der Waals surface area contributed by atoms with Crippen LogP contribution in [-0.4, -0.2) is 43.3 Å². The third kappa shape index (κ3) is 5.05. The Kier molecular flexibility index (Phi) is 6.78. The largest absolute Gasteiger partial charge is 0.383 e. The van der Waals surface area contributed by atoms with Crippen molar-refractivity contribution in [3.8, 4) is 0 Å². The van der Waals surface area contributed by atoms with Crippen LogP contribution in [0.2, 0.25) is 0 Å². The van der Waals surface area contributed by atoms with Crippen LogP contribution in [0.4, 0.5) is 0 Å². The van der Waals surface area contributed by atoms with Gasteiger partial charge in [-0.05, 0) is 37.5 Å². The zero-order valence-electron chi connectivity index (χ0n) is 13.6. The molecule has 3 nitrogen and oxygen atoms in total. The fourth-order valence-electron chi connectivity index (χ4n) is 3.50. The van der Waals surface area contributed by atoms with Gasteiger partial charge in [0, 0.05) is 31.8 Å². The van der Waals surface area contributed by atoms with E-state index in [9.17, 15) is 0 Å². The Morgan fingerprint density at radius 1 is 1.16 bits per heavy atom. The predicted octanol–water partition coefficient (Wildman–Crippen LogP) is 2.89. The summed E-state index contributed by atoms with van der Waals surface area (Å²) in [5.74, 6) is 1.37. The first-order chi connectivity index (χ1) is 8.95. The van der Waals surface area contributed by atoms with E-state index >= 15 is 0 Å². The topological polar surface area (TPSA) is 38.5 Å². The molecule has 0 aliphatic heterocycles. The lowest BCUT2D eigenvalue weighted by atomic mass is 9.80. The number of nitrogens with two attached hydrogens (primary N) is 1. The van der Waals surface area contributed by atoms with Gasteiger partial charge in [0.2, 0.25) is 0 Å². The first-order valence-electron chi connectivity index (χ1n) is 7.91. The highest BCUT2D eigenvalue weighted by Gasteiger charge is 2.43. The van der Waals surface area contributed by atoms with Gasteiger partial charge in [-0.25, -0.2) is 0 Å². The Morgan fingerprint density at radius 2 is 1.68 bits per heavy atom. The van der Waals surface area contributed by atoms with Crippen molar-refractivity contribution in [3.63, 3.8) is 0 Å². The molecule has 0 spiro atoms. The van der Waals surface area contributed by atoms with Crippen LogP contribution >= 0.6 is 0 Å². The molecule has 1 fully saturated rings. The summed E-state index contributed by atoms with van der Waals surface area (Å²) >= 11 is 0. The van der Waals surface area contributed by atoms with Crippen molar-refractivity contribution >= 4 is 0 Å². The van der Waals surface area contributed by atoms with Crippen molar-refractivity contribution in [3.05, 3.63) is 0 Å². The molecule has 0 heterocycles. The zero-order valence-corrected chi connectivity index (χ0v) is 13.6. The lowest BCUT2D eigenvalue weighted by Crippen LogP contribution is -2.57. The number of hydrogen-bond donors (Lipinski definition) is 1. The molecule has 0 unspecified atom stereocenters. The van der Waals surface area contributed by atoms with Gasteiger partial charge in [-0.2, -0.15) is 0 Å². The fraction of sp³-hybridized carbons (Fsp3) is 1.00. The second-order valence-electron chi connectivity index (χ2n) is 7.04. The fourth-order valence-corrected chi connectivity index (χ4v) is 3.50. The van der Waals surface area contributed by atoms with Crippen molar-refractivity contribution in [2.24, 2.45) is 17.6 Å². The molecule has 0 saturated heterocycles. The minimum absolute atomic E-state index is 0.169. The van der Waals surface area contributed by atoms with Crippen molar-refractivity contribution in [1.29, 1.82) is 0 Å². The minimum Gasteiger partial charge on any atom is -0.383 e. The first-order valence-corrected chi connectivity index (χ1v) is 7.91. The van der Waals surface area contributed by atoms with Crippen LogP contribution in [0.5, 0.6) is 0 Å². The van der Waals surface area contributed by atoms with E-state index in [1.165, 1.54) is 25.7 Å². The van der Waals surface area contributed by atoms with Gasteiger partial charge in [-0.3, -0.25) is 4.90 Å². The van der Waals surface area contributed by atoms with Crippen molar-refractivity contribution in [2.75, 3.05) is 26.8 Å². The molecule has 1 aliphatic carbocycles. The molecular formula is C16H34N2O. The SMILES string of the molecule is COCCN(C1CC1)C(CN)(CC(C)C)CC(C)C. The molecule has 0 bridgehead atoms. The van der Waals surface area contributed by atoms with Crippen LogP contribution in [-0.2, 0) is 4.74 Å². The Labute approximate surface area is 119 Å². The second-order valence-corrected chi connectivity index (χ2v) is 7.04. The Balaban J connectivity index is 2.87. The van der Waals surface area contributed by atoms with Gasteiger partial charge in [0.1, 0.15) is 0 Å². The molecule has 0 amide bonds. The quantitative estimate of drug-likeness (QED) is 0.663. The van der Waals surface area contributed by atoms with Crippen molar-refractivity contribution in [2.45, 2.75) is 65.0 Å². The van der Waals surface area contributed by atoms with Crippen LogP contribution in [0.25, 0.3) is 0 Å². The van der Waals surface area contributed by atoms with Gasteiger partial charge in [0.05, 0.1) is 6.61 Å². The van der Waals surface area contributed by atoms with Gasteiger partial charge in [-0.1, -0.05) is 27.7 Å². The molecule has 1 aliphatic rings. The zero-order chi connectivity index (χ0) is 14.5. The summed E-state index contributed by atoms with van der Waals surface area (Å²) in [6.07, 6.45) is 5.06. The summed E-state index contributed by atoms with van der Waals surface area (Å²) in [6.45, 7) is 11.9. The van der Waals surface area contributed by atoms with Gasteiger partial charge in [0.25, 0.3) is 0 Å². The average Bonchev–Trinajstić information content (AvgIpc) is 3.11. The molecule has 0 aromatic carbocycles. The summed E-state index contributed by atoms with van der Waals surface area (Å²) in [6, 6.07) is 0.746. The molecule has 1 rings (SSSR count). The second kappa shape index (κ2) is 7.61. The number of rotatable bonds is 10. The van der Waals surface area contributed by atoms with E-state index in [0.717, 1.165) is 25.7 Å². The summed E-state index contributed by atoms with van der Waals surface area (Å²) < 4.78 is 5.32. The molecular weight excluding hydrogens is 236 g/mol. The van der Waals surface area contributed by atoms with E-state index in [1.807, 2.05) is 0 Å². The molecule has 1 saturated carbocycles. The highest BCUT2D eigenvalue weighted by Crippen LogP contribution is 2.38. The molecule has 3 heteroatoms. The normalized spacial score (nSPS) is 16.9. The third-order valence-electron chi connectivity index (χ3n) is 4.09. The van der Waals surface area contributed by atoms with E-state index in [4.69, 9.17) is 10.5 Å². The molecule has 0 aromatic heterocycles. The number of ether oxygens (including phenoxy) is 1.